The number of ether oxygens (including phenoxy) is 2. The van der Waals surface area contributed by atoms with Gasteiger partial charge in [0.05, 0.1) is 25.2 Å². The molecule has 0 atom stereocenters. The van der Waals surface area contributed by atoms with Crippen molar-refractivity contribution in [2.75, 3.05) is 40.4 Å². The third-order valence-corrected chi connectivity index (χ3v) is 4.76. The van der Waals surface area contributed by atoms with Crippen LogP contribution in [-0.4, -0.2) is 56.1 Å². The van der Waals surface area contributed by atoms with E-state index in [9.17, 15) is 14.9 Å². The van der Waals surface area contributed by atoms with Gasteiger partial charge in [0.25, 0.3) is 11.6 Å². The lowest BCUT2D eigenvalue weighted by atomic mass is 9.99. The lowest BCUT2D eigenvalue weighted by Crippen LogP contribution is -2.35. The smallest absolute Gasteiger partial charge is 0.286 e. The first-order chi connectivity index (χ1) is 12.5. The highest BCUT2D eigenvalue weighted by Gasteiger charge is 2.24. The molecule has 0 radical (unpaired) electrons. The Morgan fingerprint density at radius 1 is 1.27 bits per heavy atom. The van der Waals surface area contributed by atoms with Crippen LogP contribution in [0.1, 0.15) is 36.5 Å². The second-order valence-corrected chi connectivity index (χ2v) is 6.62. The number of methoxy groups -OCH3 is 2. The number of nitrogens with zero attached hydrogens (tertiary/aromatic N) is 2. The quantitative estimate of drug-likeness (QED) is 0.432. The summed E-state index contributed by atoms with van der Waals surface area (Å²) in [5.74, 6) is 0.808. The van der Waals surface area contributed by atoms with Crippen LogP contribution >= 0.6 is 0 Å². The Bertz CT molecular complexity index is 642. The van der Waals surface area contributed by atoms with Crippen LogP contribution in [0.4, 0.5) is 5.69 Å². The van der Waals surface area contributed by atoms with Crippen molar-refractivity contribution in [3.05, 3.63) is 27.8 Å². The van der Waals surface area contributed by atoms with Gasteiger partial charge in [-0.15, -0.1) is 0 Å². The Labute approximate surface area is 153 Å². The first-order valence-corrected chi connectivity index (χ1v) is 8.87. The minimum Gasteiger partial charge on any atom is -0.493 e. The fourth-order valence-corrected chi connectivity index (χ4v) is 3.09. The molecule has 2 rings (SSSR count). The van der Waals surface area contributed by atoms with Crippen LogP contribution in [0.2, 0.25) is 0 Å². The summed E-state index contributed by atoms with van der Waals surface area (Å²) in [6, 6.07) is 2.56. The number of carbonyl (C=O) groups is 1. The molecule has 0 bridgehead atoms. The number of nitro groups is 1. The number of hydrogen-bond acceptors (Lipinski definition) is 6. The molecule has 1 aliphatic rings. The second kappa shape index (κ2) is 9.38. The number of nitrogens with one attached hydrogen (secondary N) is 1. The molecule has 8 heteroatoms. The number of nitro benzene ring substituents is 1. The number of piperidine rings is 1. The molecular weight excluding hydrogens is 338 g/mol. The fourth-order valence-electron chi connectivity index (χ4n) is 3.09. The van der Waals surface area contributed by atoms with Crippen molar-refractivity contribution in [1.82, 2.24) is 10.2 Å². The van der Waals surface area contributed by atoms with Crippen LogP contribution in [0.15, 0.2) is 12.1 Å². The van der Waals surface area contributed by atoms with Gasteiger partial charge >= 0.3 is 0 Å². The molecule has 0 aliphatic carbocycles. The molecular formula is C18H27N3O5. The standard InChI is InChI=1S/C18H27N3O5/c1-13-5-9-20(10-6-13)8-4-7-19-18(22)14-11-16(25-2)17(26-3)12-15(14)21(23)24/h11-13H,4-10H2,1-3H3,(H,19,22). The third kappa shape index (κ3) is 5.08. The summed E-state index contributed by atoms with van der Waals surface area (Å²) >= 11 is 0. The van der Waals surface area contributed by atoms with E-state index >= 15 is 0 Å². The lowest BCUT2D eigenvalue weighted by molar-refractivity contribution is -0.385. The molecule has 0 aromatic heterocycles. The highest BCUT2D eigenvalue weighted by Crippen LogP contribution is 2.34. The average Bonchev–Trinajstić information content (AvgIpc) is 2.65. The maximum Gasteiger partial charge on any atom is 0.286 e. The minimum absolute atomic E-state index is 0.0283. The van der Waals surface area contributed by atoms with Crippen LogP contribution in [0.5, 0.6) is 11.5 Å². The van der Waals surface area contributed by atoms with E-state index in [1.165, 1.54) is 39.2 Å². The van der Waals surface area contributed by atoms with Gasteiger partial charge in [-0.25, -0.2) is 0 Å². The van der Waals surface area contributed by atoms with E-state index in [1.54, 1.807) is 0 Å². The lowest BCUT2D eigenvalue weighted by Gasteiger charge is -2.30. The monoisotopic (exact) mass is 365 g/mol. The zero-order valence-electron chi connectivity index (χ0n) is 15.6. The van der Waals surface area contributed by atoms with Crippen LogP contribution < -0.4 is 14.8 Å². The molecule has 1 saturated heterocycles. The summed E-state index contributed by atoms with van der Waals surface area (Å²) < 4.78 is 10.2. The second-order valence-electron chi connectivity index (χ2n) is 6.62. The molecule has 0 spiro atoms. The van der Waals surface area contributed by atoms with Gasteiger partial charge in [0, 0.05) is 12.6 Å². The number of rotatable bonds is 8. The van der Waals surface area contributed by atoms with E-state index in [4.69, 9.17) is 9.47 Å². The summed E-state index contributed by atoms with van der Waals surface area (Å²) in [6.07, 6.45) is 3.23. The molecule has 26 heavy (non-hydrogen) atoms. The Kier molecular flexibility index (Phi) is 7.20. The molecule has 1 aromatic carbocycles. The number of likely N-dealkylation sites (tertiary alicyclic amines) is 1. The maximum absolute atomic E-state index is 12.4. The van der Waals surface area contributed by atoms with E-state index in [0.29, 0.717) is 6.54 Å². The molecule has 1 fully saturated rings. The van der Waals surface area contributed by atoms with Crippen molar-refractivity contribution in [2.45, 2.75) is 26.2 Å². The number of hydrogen-bond donors (Lipinski definition) is 1. The van der Waals surface area contributed by atoms with Gasteiger partial charge in [0.1, 0.15) is 5.56 Å². The summed E-state index contributed by atoms with van der Waals surface area (Å²) in [5.41, 5.74) is -0.329. The van der Waals surface area contributed by atoms with Crippen LogP contribution in [0, 0.1) is 16.0 Å². The predicted molar refractivity (Wildman–Crippen MR) is 98.0 cm³/mol. The van der Waals surface area contributed by atoms with Gasteiger partial charge in [-0.05, 0) is 44.8 Å². The zero-order chi connectivity index (χ0) is 19.1. The molecule has 1 heterocycles. The summed E-state index contributed by atoms with van der Waals surface area (Å²) in [6.45, 7) is 5.84. The summed E-state index contributed by atoms with van der Waals surface area (Å²) in [7, 11) is 2.81. The highest BCUT2D eigenvalue weighted by molar-refractivity contribution is 5.99. The molecule has 0 unspecified atom stereocenters. The highest BCUT2D eigenvalue weighted by atomic mass is 16.6. The van der Waals surface area contributed by atoms with Crippen molar-refractivity contribution in [2.24, 2.45) is 5.92 Å². The first-order valence-electron chi connectivity index (χ1n) is 8.87. The number of carbonyl (C=O) groups excluding carboxylic acids is 1. The van der Waals surface area contributed by atoms with Gasteiger partial charge in [-0.2, -0.15) is 0 Å². The van der Waals surface area contributed by atoms with E-state index in [-0.39, 0.29) is 22.7 Å². The maximum atomic E-state index is 12.4. The minimum atomic E-state index is -0.591. The Morgan fingerprint density at radius 3 is 2.46 bits per heavy atom. The van der Waals surface area contributed by atoms with Crippen molar-refractivity contribution in [1.29, 1.82) is 0 Å². The van der Waals surface area contributed by atoms with Crippen LogP contribution in [0.25, 0.3) is 0 Å². The zero-order valence-corrected chi connectivity index (χ0v) is 15.6. The summed E-state index contributed by atoms with van der Waals surface area (Å²) in [5, 5.41) is 14.0. The fraction of sp³-hybridized carbons (Fsp3) is 0.611. The molecule has 0 saturated carbocycles. The van der Waals surface area contributed by atoms with Gasteiger partial charge in [-0.3, -0.25) is 14.9 Å². The molecule has 8 nitrogen and oxygen atoms in total. The largest absolute Gasteiger partial charge is 0.493 e. The van der Waals surface area contributed by atoms with Crippen LogP contribution in [0.3, 0.4) is 0 Å². The molecule has 1 amide bonds. The van der Waals surface area contributed by atoms with E-state index in [0.717, 1.165) is 32.0 Å². The van der Waals surface area contributed by atoms with Crippen molar-refractivity contribution in [3.63, 3.8) is 0 Å². The molecule has 144 valence electrons. The van der Waals surface area contributed by atoms with Crippen molar-refractivity contribution < 1.29 is 19.2 Å². The Balaban J connectivity index is 1.94. The molecule has 1 aromatic rings. The van der Waals surface area contributed by atoms with Crippen LogP contribution in [-0.2, 0) is 0 Å². The normalized spacial score (nSPS) is 15.5. The van der Waals surface area contributed by atoms with Gasteiger partial charge in [0.15, 0.2) is 11.5 Å². The van der Waals surface area contributed by atoms with Crippen molar-refractivity contribution >= 4 is 11.6 Å². The van der Waals surface area contributed by atoms with E-state index in [2.05, 4.69) is 17.1 Å². The van der Waals surface area contributed by atoms with Gasteiger partial charge in [0.2, 0.25) is 0 Å². The predicted octanol–water partition coefficient (Wildman–Crippen LogP) is 2.46. The number of amides is 1. The molecule has 1 N–H and O–H groups in total. The van der Waals surface area contributed by atoms with Gasteiger partial charge < -0.3 is 19.7 Å². The Hall–Kier alpha value is -2.35. The molecule has 1 aliphatic heterocycles. The Morgan fingerprint density at radius 2 is 1.88 bits per heavy atom. The first kappa shape index (κ1) is 20.0. The average molecular weight is 365 g/mol. The van der Waals surface area contributed by atoms with E-state index < -0.39 is 10.8 Å². The van der Waals surface area contributed by atoms with Crippen molar-refractivity contribution in [3.8, 4) is 11.5 Å². The summed E-state index contributed by atoms with van der Waals surface area (Å²) in [4.78, 5) is 25.5. The SMILES string of the molecule is COc1cc(C(=O)NCCCN2CCC(C)CC2)c([N+](=O)[O-])cc1OC. The number of benzene rings is 1. The third-order valence-electron chi connectivity index (χ3n) is 4.76. The van der Waals surface area contributed by atoms with E-state index in [1.807, 2.05) is 0 Å². The topological polar surface area (TPSA) is 93.9 Å². The van der Waals surface area contributed by atoms with Gasteiger partial charge in [-0.1, -0.05) is 6.92 Å².